The van der Waals surface area contributed by atoms with Crippen molar-refractivity contribution in [1.29, 1.82) is 0 Å². The summed E-state index contributed by atoms with van der Waals surface area (Å²) in [5.74, 6) is 0.195. The minimum absolute atomic E-state index is 0.119. The van der Waals surface area contributed by atoms with Crippen LogP contribution in [0.2, 0.25) is 0 Å². The third-order valence-corrected chi connectivity index (χ3v) is 7.19. The molecule has 9 nitrogen and oxygen atoms in total. The summed E-state index contributed by atoms with van der Waals surface area (Å²) >= 11 is 0. The van der Waals surface area contributed by atoms with Crippen LogP contribution >= 0.6 is 0 Å². The number of rotatable bonds is 11. The van der Waals surface area contributed by atoms with Gasteiger partial charge in [-0.2, -0.15) is 0 Å². The first-order chi connectivity index (χ1) is 19.2. The second kappa shape index (κ2) is 12.2. The number of para-hydroxylation sites is 3. The molecule has 4 rings (SSSR count). The van der Waals surface area contributed by atoms with Gasteiger partial charge in [-0.1, -0.05) is 61.5 Å². The van der Waals surface area contributed by atoms with E-state index in [0.29, 0.717) is 41.1 Å². The van der Waals surface area contributed by atoms with E-state index >= 15 is 0 Å². The highest BCUT2D eigenvalue weighted by molar-refractivity contribution is 6.02. The van der Waals surface area contributed by atoms with Crippen LogP contribution in [0.25, 0.3) is 11.0 Å². The summed E-state index contributed by atoms with van der Waals surface area (Å²) in [5, 5.41) is 11.6. The molecule has 4 aromatic rings. The Bertz CT molecular complexity index is 1500. The van der Waals surface area contributed by atoms with Gasteiger partial charge < -0.3 is 14.8 Å². The molecule has 1 N–H and O–H groups in total. The van der Waals surface area contributed by atoms with Crippen molar-refractivity contribution in [1.82, 2.24) is 20.3 Å². The molecule has 9 heteroatoms. The highest BCUT2D eigenvalue weighted by Gasteiger charge is 2.38. The highest BCUT2D eigenvalue weighted by Crippen LogP contribution is 2.40. The molecule has 0 fully saturated rings. The summed E-state index contributed by atoms with van der Waals surface area (Å²) in [7, 11) is 3.07. The van der Waals surface area contributed by atoms with Gasteiger partial charge in [0.1, 0.15) is 18.1 Å². The smallest absolute Gasteiger partial charge is 0.249 e. The van der Waals surface area contributed by atoms with Crippen molar-refractivity contribution in [2.75, 3.05) is 19.1 Å². The molecule has 0 saturated carbocycles. The third kappa shape index (κ3) is 5.78. The number of carbonyl (C=O) groups is 2. The molecule has 1 heterocycles. The SMILES string of the molecule is CCc1ccccc1N(C(=O)Cn1nnc2ccccc21)[C@H](C(=O)NC(C)(C)CC)c1cccc(OC)c1OC. The Kier molecular flexibility index (Phi) is 8.72. The molecule has 3 aromatic carbocycles. The number of nitrogens with one attached hydrogen (secondary N) is 1. The molecule has 40 heavy (non-hydrogen) atoms. The van der Waals surface area contributed by atoms with Crippen LogP contribution in [0, 0.1) is 0 Å². The van der Waals surface area contributed by atoms with Crippen molar-refractivity contribution >= 4 is 28.5 Å². The molecule has 0 saturated heterocycles. The van der Waals surface area contributed by atoms with E-state index in [0.717, 1.165) is 11.1 Å². The molecular weight excluding hydrogens is 506 g/mol. The lowest BCUT2D eigenvalue weighted by Gasteiger charge is -2.36. The standard InChI is InChI=1S/C31H37N5O4/c1-7-21-14-9-11-17-24(21)36(27(37)20-35-25-18-12-10-16-23(25)33-34-35)28(30(38)32-31(3,4)8-2)22-15-13-19-26(39-5)29(22)40-6/h9-19,28H,7-8,20H2,1-6H3,(H,32,38)/t28-/m0/s1. The average Bonchev–Trinajstić information content (AvgIpc) is 3.37. The topological polar surface area (TPSA) is 98.6 Å². The van der Waals surface area contributed by atoms with Gasteiger partial charge in [-0.05, 0) is 56.5 Å². The van der Waals surface area contributed by atoms with E-state index in [1.54, 1.807) is 34.9 Å². The zero-order valence-electron chi connectivity index (χ0n) is 24.0. The Hall–Kier alpha value is -4.40. The number of aryl methyl sites for hydroxylation is 1. The Morgan fingerprint density at radius 3 is 2.40 bits per heavy atom. The van der Waals surface area contributed by atoms with E-state index in [4.69, 9.17) is 9.47 Å². The first-order valence-corrected chi connectivity index (χ1v) is 13.5. The van der Waals surface area contributed by atoms with Gasteiger partial charge in [0.25, 0.3) is 0 Å². The van der Waals surface area contributed by atoms with E-state index in [-0.39, 0.29) is 18.4 Å². The fourth-order valence-corrected chi connectivity index (χ4v) is 4.72. The number of hydrogen-bond acceptors (Lipinski definition) is 6. The number of methoxy groups -OCH3 is 2. The molecular formula is C31H37N5O4. The molecule has 1 atom stereocenters. The molecule has 0 aliphatic heterocycles. The van der Waals surface area contributed by atoms with E-state index < -0.39 is 11.6 Å². The number of hydrogen-bond donors (Lipinski definition) is 1. The molecule has 0 unspecified atom stereocenters. The van der Waals surface area contributed by atoms with E-state index in [9.17, 15) is 9.59 Å². The number of aromatic nitrogens is 3. The number of fused-ring (bicyclic) bond motifs is 1. The van der Waals surface area contributed by atoms with Crippen molar-refractivity contribution in [3.8, 4) is 11.5 Å². The van der Waals surface area contributed by atoms with Gasteiger partial charge in [-0.25, -0.2) is 4.68 Å². The molecule has 2 amide bonds. The van der Waals surface area contributed by atoms with Gasteiger partial charge in [0.05, 0.1) is 19.7 Å². The first-order valence-electron chi connectivity index (χ1n) is 13.5. The molecule has 0 aliphatic carbocycles. The van der Waals surface area contributed by atoms with Crippen molar-refractivity contribution in [2.24, 2.45) is 0 Å². The van der Waals surface area contributed by atoms with Crippen molar-refractivity contribution in [3.63, 3.8) is 0 Å². The average molecular weight is 544 g/mol. The molecule has 210 valence electrons. The Morgan fingerprint density at radius 2 is 1.70 bits per heavy atom. The van der Waals surface area contributed by atoms with Crippen LogP contribution in [0.1, 0.15) is 51.3 Å². The number of carbonyl (C=O) groups excluding carboxylic acids is 2. The van der Waals surface area contributed by atoms with E-state index in [2.05, 4.69) is 15.6 Å². The molecule has 0 aliphatic rings. The van der Waals surface area contributed by atoms with Gasteiger partial charge >= 0.3 is 0 Å². The van der Waals surface area contributed by atoms with Crippen LogP contribution < -0.4 is 19.7 Å². The van der Waals surface area contributed by atoms with Crippen molar-refractivity contribution in [2.45, 2.75) is 58.7 Å². The Morgan fingerprint density at radius 1 is 0.975 bits per heavy atom. The summed E-state index contributed by atoms with van der Waals surface area (Å²) in [5.41, 5.74) is 2.97. The van der Waals surface area contributed by atoms with Gasteiger partial charge in [0, 0.05) is 16.8 Å². The lowest BCUT2D eigenvalue weighted by molar-refractivity contribution is -0.128. The minimum Gasteiger partial charge on any atom is -0.493 e. The number of nitrogens with zero attached hydrogens (tertiary/aromatic N) is 4. The van der Waals surface area contributed by atoms with E-state index in [1.807, 2.05) is 76.2 Å². The summed E-state index contributed by atoms with van der Waals surface area (Å²) in [6.07, 6.45) is 1.36. The Labute approximate surface area is 235 Å². The Balaban J connectivity index is 1.94. The van der Waals surface area contributed by atoms with Crippen LogP contribution in [0.3, 0.4) is 0 Å². The normalized spacial score (nSPS) is 12.2. The monoisotopic (exact) mass is 543 g/mol. The van der Waals surface area contributed by atoms with Crippen LogP contribution in [0.5, 0.6) is 11.5 Å². The summed E-state index contributed by atoms with van der Waals surface area (Å²) in [6, 6.07) is 19.4. The summed E-state index contributed by atoms with van der Waals surface area (Å²) in [4.78, 5) is 30.3. The minimum atomic E-state index is -1.06. The molecule has 0 spiro atoms. The molecule has 1 aromatic heterocycles. The van der Waals surface area contributed by atoms with Crippen LogP contribution in [0.15, 0.2) is 66.7 Å². The molecule has 0 radical (unpaired) electrons. The number of anilines is 1. The number of benzene rings is 3. The predicted molar refractivity (Wildman–Crippen MR) is 156 cm³/mol. The van der Waals surface area contributed by atoms with Gasteiger partial charge in [-0.3, -0.25) is 14.5 Å². The summed E-state index contributed by atoms with van der Waals surface area (Å²) < 4.78 is 12.9. The van der Waals surface area contributed by atoms with Gasteiger partial charge in [0.15, 0.2) is 11.5 Å². The fraction of sp³-hybridized carbons (Fsp3) is 0.355. The summed E-state index contributed by atoms with van der Waals surface area (Å²) in [6.45, 7) is 7.82. The lowest BCUT2D eigenvalue weighted by Crippen LogP contribution is -2.51. The van der Waals surface area contributed by atoms with Crippen molar-refractivity contribution in [3.05, 3.63) is 77.9 Å². The zero-order valence-corrected chi connectivity index (χ0v) is 24.0. The largest absolute Gasteiger partial charge is 0.493 e. The maximum atomic E-state index is 14.4. The second-order valence-corrected chi connectivity index (χ2v) is 10.2. The second-order valence-electron chi connectivity index (χ2n) is 10.2. The predicted octanol–water partition coefficient (Wildman–Crippen LogP) is 5.09. The molecule has 0 bridgehead atoms. The zero-order chi connectivity index (χ0) is 28.9. The highest BCUT2D eigenvalue weighted by atomic mass is 16.5. The maximum absolute atomic E-state index is 14.4. The van der Waals surface area contributed by atoms with Crippen molar-refractivity contribution < 1.29 is 19.1 Å². The number of ether oxygens (including phenoxy) is 2. The quantitative estimate of drug-likeness (QED) is 0.283. The maximum Gasteiger partial charge on any atom is 0.249 e. The fourth-order valence-electron chi connectivity index (χ4n) is 4.72. The first kappa shape index (κ1) is 28.6. The van der Waals surface area contributed by atoms with Gasteiger partial charge in [-0.15, -0.1) is 5.10 Å². The van der Waals surface area contributed by atoms with Gasteiger partial charge in [0.2, 0.25) is 11.8 Å². The lowest BCUT2D eigenvalue weighted by atomic mass is 9.96. The van der Waals surface area contributed by atoms with E-state index in [1.165, 1.54) is 7.11 Å². The number of amides is 2. The van der Waals surface area contributed by atoms with Crippen LogP contribution in [-0.4, -0.2) is 46.6 Å². The third-order valence-electron chi connectivity index (χ3n) is 7.19. The van der Waals surface area contributed by atoms with Crippen LogP contribution in [0.4, 0.5) is 5.69 Å². The van der Waals surface area contributed by atoms with Crippen LogP contribution in [-0.2, 0) is 22.6 Å².